The molecule has 0 aromatic carbocycles. The van der Waals surface area contributed by atoms with Gasteiger partial charge in [-0.15, -0.1) is 0 Å². The Kier molecular flexibility index (Phi) is 3.49. The largest absolute Gasteiger partial charge is 0.388 e. The third kappa shape index (κ3) is 2.44. The first-order valence-electron chi connectivity index (χ1n) is 5.93. The fourth-order valence-electron chi connectivity index (χ4n) is 2.03. The van der Waals surface area contributed by atoms with Crippen molar-refractivity contribution >= 4 is 11.7 Å². The van der Waals surface area contributed by atoms with E-state index in [0.29, 0.717) is 17.8 Å². The molecule has 1 aromatic rings. The summed E-state index contributed by atoms with van der Waals surface area (Å²) in [6.45, 7) is 2.22. The maximum atomic E-state index is 12.2. The molecule has 18 heavy (non-hydrogen) atoms. The van der Waals surface area contributed by atoms with E-state index in [4.69, 9.17) is 5.73 Å². The summed E-state index contributed by atoms with van der Waals surface area (Å²) in [6, 6.07) is 3.20. The molecule has 98 valence electrons. The molecule has 2 heterocycles. The van der Waals surface area contributed by atoms with Gasteiger partial charge in [0.15, 0.2) is 0 Å². The number of anilines is 1. The molecule has 1 amide bonds. The zero-order valence-electron chi connectivity index (χ0n) is 10.2. The van der Waals surface area contributed by atoms with Gasteiger partial charge in [-0.2, -0.15) is 0 Å². The number of nitrogens with two attached hydrogens (primary N) is 1. The van der Waals surface area contributed by atoms with E-state index < -0.39 is 12.2 Å². The number of nitrogens with zero attached hydrogens (tertiary/aromatic N) is 2. The first kappa shape index (κ1) is 12.8. The van der Waals surface area contributed by atoms with Gasteiger partial charge in [-0.25, -0.2) is 4.98 Å². The predicted octanol–water partition coefficient (Wildman–Crippen LogP) is -0.596. The number of rotatable bonds is 2. The topological polar surface area (TPSA) is 99.7 Å². The van der Waals surface area contributed by atoms with Gasteiger partial charge >= 0.3 is 0 Å². The van der Waals surface area contributed by atoms with Crippen molar-refractivity contribution in [3.05, 3.63) is 23.4 Å². The van der Waals surface area contributed by atoms with Crippen molar-refractivity contribution in [3.63, 3.8) is 0 Å². The van der Waals surface area contributed by atoms with Crippen molar-refractivity contribution < 1.29 is 15.0 Å². The number of carbonyl (C=O) groups excluding carboxylic acids is 1. The van der Waals surface area contributed by atoms with Crippen LogP contribution in [0.15, 0.2) is 12.1 Å². The number of likely N-dealkylation sites (tertiary alicyclic amines) is 1. The highest BCUT2D eigenvalue weighted by atomic mass is 16.3. The number of β-amino-alcohol motifs (C(OH)–C–C–N with tert-alkyl or cyclic N) is 2. The summed E-state index contributed by atoms with van der Waals surface area (Å²) < 4.78 is 0. The van der Waals surface area contributed by atoms with Crippen molar-refractivity contribution in [1.29, 1.82) is 0 Å². The highest BCUT2D eigenvalue weighted by Gasteiger charge is 2.33. The first-order valence-corrected chi connectivity index (χ1v) is 5.93. The van der Waals surface area contributed by atoms with E-state index in [1.54, 1.807) is 6.07 Å². The minimum Gasteiger partial charge on any atom is -0.388 e. The second-order valence-corrected chi connectivity index (χ2v) is 4.47. The minimum atomic E-state index is -0.876. The van der Waals surface area contributed by atoms with E-state index >= 15 is 0 Å². The Bertz CT molecular complexity index is 454. The Morgan fingerprint density at radius 2 is 2.06 bits per heavy atom. The van der Waals surface area contributed by atoms with Gasteiger partial charge in [0.05, 0.1) is 12.2 Å². The maximum absolute atomic E-state index is 12.2. The van der Waals surface area contributed by atoms with Crippen LogP contribution in [0.25, 0.3) is 0 Å². The summed E-state index contributed by atoms with van der Waals surface area (Å²) in [6.07, 6.45) is -1.06. The molecule has 0 saturated carbocycles. The van der Waals surface area contributed by atoms with Crippen LogP contribution in [0.4, 0.5) is 5.82 Å². The van der Waals surface area contributed by atoms with Crippen LogP contribution in [-0.2, 0) is 6.42 Å². The molecule has 1 aliphatic rings. The predicted molar refractivity (Wildman–Crippen MR) is 65.9 cm³/mol. The van der Waals surface area contributed by atoms with Gasteiger partial charge in [0.2, 0.25) is 0 Å². The van der Waals surface area contributed by atoms with Crippen LogP contribution in [0.3, 0.4) is 0 Å². The second-order valence-electron chi connectivity index (χ2n) is 4.47. The third-order valence-electron chi connectivity index (χ3n) is 3.05. The Morgan fingerprint density at radius 1 is 1.44 bits per heavy atom. The molecule has 1 aliphatic heterocycles. The Morgan fingerprint density at radius 3 is 2.61 bits per heavy atom. The lowest BCUT2D eigenvalue weighted by molar-refractivity contribution is 0.0572. The van der Waals surface area contributed by atoms with Crippen LogP contribution in [0.2, 0.25) is 0 Å². The quantitative estimate of drug-likeness (QED) is 0.652. The van der Waals surface area contributed by atoms with Crippen molar-refractivity contribution in [2.45, 2.75) is 25.6 Å². The van der Waals surface area contributed by atoms with Gasteiger partial charge in [0, 0.05) is 24.3 Å². The van der Waals surface area contributed by atoms with Crippen molar-refractivity contribution in [1.82, 2.24) is 9.88 Å². The zero-order chi connectivity index (χ0) is 13.3. The van der Waals surface area contributed by atoms with Gasteiger partial charge in [-0.3, -0.25) is 4.79 Å². The summed E-state index contributed by atoms with van der Waals surface area (Å²) in [4.78, 5) is 17.7. The van der Waals surface area contributed by atoms with Gasteiger partial charge in [0.1, 0.15) is 5.82 Å². The number of pyridine rings is 1. The summed E-state index contributed by atoms with van der Waals surface area (Å²) in [5.74, 6) is 0.0624. The molecule has 0 aliphatic carbocycles. The number of carbonyl (C=O) groups is 1. The number of aromatic nitrogens is 1. The molecular weight excluding hydrogens is 234 g/mol. The maximum Gasteiger partial charge on any atom is 0.254 e. The van der Waals surface area contributed by atoms with Crippen LogP contribution in [0.1, 0.15) is 23.0 Å². The summed E-state index contributed by atoms with van der Waals surface area (Å²) in [5, 5.41) is 18.9. The second kappa shape index (κ2) is 4.91. The monoisotopic (exact) mass is 251 g/mol. The number of amides is 1. The molecule has 0 radical (unpaired) electrons. The average Bonchev–Trinajstić information content (AvgIpc) is 2.68. The average molecular weight is 251 g/mol. The number of aliphatic hydroxyl groups is 2. The standard InChI is InChI=1S/C12H17N3O3/c1-2-8-3-7(4-11(13)14-8)12(18)15-5-9(16)10(17)6-15/h3-4,9-10,16-17H,2,5-6H2,1H3,(H2,13,14). The fraction of sp³-hybridized carbons (Fsp3) is 0.500. The molecule has 0 bridgehead atoms. The highest BCUT2D eigenvalue weighted by molar-refractivity contribution is 5.95. The van der Waals surface area contributed by atoms with Gasteiger partial charge in [0.25, 0.3) is 5.91 Å². The zero-order valence-corrected chi connectivity index (χ0v) is 10.2. The van der Waals surface area contributed by atoms with E-state index in [1.165, 1.54) is 11.0 Å². The Balaban J connectivity index is 2.21. The molecule has 1 fully saturated rings. The summed E-state index contributed by atoms with van der Waals surface area (Å²) in [7, 11) is 0. The van der Waals surface area contributed by atoms with Gasteiger partial charge in [-0.05, 0) is 18.6 Å². The molecule has 4 N–H and O–H groups in total. The Hall–Kier alpha value is -1.66. The number of nitrogen functional groups attached to an aromatic ring is 1. The smallest absolute Gasteiger partial charge is 0.254 e. The lowest BCUT2D eigenvalue weighted by atomic mass is 10.1. The van der Waals surface area contributed by atoms with Crippen LogP contribution >= 0.6 is 0 Å². The van der Waals surface area contributed by atoms with Gasteiger partial charge < -0.3 is 20.8 Å². The van der Waals surface area contributed by atoms with Crippen molar-refractivity contribution in [2.24, 2.45) is 0 Å². The molecule has 0 spiro atoms. The molecule has 1 aromatic heterocycles. The number of hydrogen-bond donors (Lipinski definition) is 3. The van der Waals surface area contributed by atoms with E-state index in [-0.39, 0.29) is 19.0 Å². The highest BCUT2D eigenvalue weighted by Crippen LogP contribution is 2.16. The number of aryl methyl sites for hydroxylation is 1. The molecule has 2 unspecified atom stereocenters. The van der Waals surface area contributed by atoms with E-state index in [0.717, 1.165) is 5.69 Å². The first-order chi connectivity index (χ1) is 8.51. The molecule has 2 rings (SSSR count). The fourth-order valence-corrected chi connectivity index (χ4v) is 2.03. The van der Waals surface area contributed by atoms with Crippen LogP contribution < -0.4 is 5.73 Å². The number of hydrogen-bond acceptors (Lipinski definition) is 5. The van der Waals surface area contributed by atoms with E-state index in [1.807, 2.05) is 6.92 Å². The Labute approximate surface area is 105 Å². The van der Waals surface area contributed by atoms with Crippen molar-refractivity contribution in [3.8, 4) is 0 Å². The number of aliphatic hydroxyl groups excluding tert-OH is 2. The van der Waals surface area contributed by atoms with Crippen LogP contribution in [0.5, 0.6) is 0 Å². The van der Waals surface area contributed by atoms with Crippen molar-refractivity contribution in [2.75, 3.05) is 18.8 Å². The van der Waals surface area contributed by atoms with E-state index in [9.17, 15) is 15.0 Å². The summed E-state index contributed by atoms with van der Waals surface area (Å²) >= 11 is 0. The van der Waals surface area contributed by atoms with E-state index in [2.05, 4.69) is 4.98 Å². The molecule has 2 atom stereocenters. The lowest BCUT2D eigenvalue weighted by Crippen LogP contribution is -2.30. The molecule has 6 nitrogen and oxygen atoms in total. The molecule has 1 saturated heterocycles. The third-order valence-corrected chi connectivity index (χ3v) is 3.05. The van der Waals surface area contributed by atoms with Crippen LogP contribution in [0, 0.1) is 0 Å². The SMILES string of the molecule is CCc1cc(C(=O)N2CC(O)C(O)C2)cc(N)n1. The normalized spacial score (nSPS) is 23.4. The van der Waals surface area contributed by atoms with Crippen LogP contribution in [-0.4, -0.2) is 51.3 Å². The lowest BCUT2D eigenvalue weighted by Gasteiger charge is -2.16. The minimum absolute atomic E-state index is 0.143. The van der Waals surface area contributed by atoms with Gasteiger partial charge in [-0.1, -0.05) is 6.92 Å². The molecular formula is C12H17N3O3. The molecule has 6 heteroatoms. The summed E-state index contributed by atoms with van der Waals surface area (Å²) in [5.41, 5.74) is 6.84.